The first kappa shape index (κ1) is 17.1. The number of anilines is 1. The van der Waals surface area contributed by atoms with Gasteiger partial charge in [0, 0.05) is 17.4 Å². The van der Waals surface area contributed by atoms with Crippen molar-refractivity contribution in [2.45, 2.75) is 19.4 Å². The van der Waals surface area contributed by atoms with Crippen LogP contribution in [-0.2, 0) is 9.59 Å². The molecule has 1 aliphatic heterocycles. The fourth-order valence-corrected chi connectivity index (χ4v) is 2.73. The standard InChI is InChI=1S/C17H15ClN4O3/c1-10-12(18)5-2-6-14(10)22-15(23)8-13(17(22)25)20-21-16(24)11-4-3-7-19-9-11/h2-7,9,13,20H,8H2,1H3,(H,21,24)/t13-/m1/s1. The fourth-order valence-electron chi connectivity index (χ4n) is 2.56. The van der Waals surface area contributed by atoms with Crippen molar-refractivity contribution < 1.29 is 14.4 Å². The molecule has 128 valence electrons. The van der Waals surface area contributed by atoms with E-state index in [2.05, 4.69) is 15.8 Å². The van der Waals surface area contributed by atoms with E-state index in [0.717, 1.165) is 4.90 Å². The molecular weight excluding hydrogens is 344 g/mol. The van der Waals surface area contributed by atoms with Crippen molar-refractivity contribution in [3.8, 4) is 0 Å². The lowest BCUT2D eigenvalue weighted by molar-refractivity contribution is -0.121. The third-order valence-electron chi connectivity index (χ3n) is 3.91. The van der Waals surface area contributed by atoms with Gasteiger partial charge in [-0.25, -0.2) is 10.3 Å². The third-order valence-corrected chi connectivity index (χ3v) is 4.32. The highest BCUT2D eigenvalue weighted by Crippen LogP contribution is 2.30. The average molecular weight is 359 g/mol. The van der Waals surface area contributed by atoms with Gasteiger partial charge in [-0.15, -0.1) is 0 Å². The van der Waals surface area contributed by atoms with Crippen LogP contribution in [-0.4, -0.2) is 28.7 Å². The third kappa shape index (κ3) is 3.38. The van der Waals surface area contributed by atoms with Crippen molar-refractivity contribution in [3.05, 3.63) is 58.9 Å². The zero-order valence-electron chi connectivity index (χ0n) is 13.3. The molecule has 0 aliphatic carbocycles. The number of benzene rings is 1. The minimum atomic E-state index is -0.841. The molecule has 7 nitrogen and oxygen atoms in total. The maximum absolute atomic E-state index is 12.6. The zero-order valence-corrected chi connectivity index (χ0v) is 14.1. The van der Waals surface area contributed by atoms with Crippen LogP contribution < -0.4 is 15.8 Å². The van der Waals surface area contributed by atoms with E-state index < -0.39 is 17.9 Å². The van der Waals surface area contributed by atoms with Gasteiger partial charge < -0.3 is 0 Å². The van der Waals surface area contributed by atoms with Crippen LogP contribution in [0.1, 0.15) is 22.3 Å². The topological polar surface area (TPSA) is 91.4 Å². The number of nitrogens with zero attached hydrogens (tertiary/aromatic N) is 2. The Labute approximate surface area is 149 Å². The lowest BCUT2D eigenvalue weighted by Gasteiger charge is -2.18. The molecular formula is C17H15ClN4O3. The second-order valence-corrected chi connectivity index (χ2v) is 5.96. The van der Waals surface area contributed by atoms with Crippen LogP contribution in [0.4, 0.5) is 5.69 Å². The summed E-state index contributed by atoms with van der Waals surface area (Å²) >= 11 is 6.07. The van der Waals surface area contributed by atoms with E-state index >= 15 is 0 Å². The van der Waals surface area contributed by atoms with Gasteiger partial charge in [0.05, 0.1) is 17.7 Å². The summed E-state index contributed by atoms with van der Waals surface area (Å²) in [5.74, 6) is -1.24. The molecule has 1 fully saturated rings. The van der Waals surface area contributed by atoms with Crippen LogP contribution in [0, 0.1) is 6.92 Å². The Morgan fingerprint density at radius 1 is 1.28 bits per heavy atom. The molecule has 2 heterocycles. The summed E-state index contributed by atoms with van der Waals surface area (Å²) in [6.45, 7) is 1.74. The van der Waals surface area contributed by atoms with Gasteiger partial charge in [0.1, 0.15) is 6.04 Å². The number of carbonyl (C=O) groups excluding carboxylic acids is 3. The van der Waals surface area contributed by atoms with Gasteiger partial charge in [0.15, 0.2) is 0 Å². The number of hydrogen-bond acceptors (Lipinski definition) is 5. The highest BCUT2D eigenvalue weighted by atomic mass is 35.5. The number of nitrogens with one attached hydrogen (secondary N) is 2. The monoisotopic (exact) mass is 358 g/mol. The maximum atomic E-state index is 12.6. The van der Waals surface area contributed by atoms with E-state index in [0.29, 0.717) is 21.8 Å². The van der Waals surface area contributed by atoms with E-state index in [1.165, 1.54) is 6.20 Å². The van der Waals surface area contributed by atoms with Gasteiger partial charge in [-0.05, 0) is 36.8 Å². The number of amides is 3. The molecule has 0 unspecified atom stereocenters. The Bertz CT molecular complexity index is 841. The first-order chi connectivity index (χ1) is 12.0. The van der Waals surface area contributed by atoms with E-state index in [1.807, 2.05) is 0 Å². The summed E-state index contributed by atoms with van der Waals surface area (Å²) < 4.78 is 0. The van der Waals surface area contributed by atoms with Crippen LogP contribution in [0.25, 0.3) is 0 Å². The smallest absolute Gasteiger partial charge is 0.266 e. The number of rotatable bonds is 4. The van der Waals surface area contributed by atoms with Gasteiger partial charge in [0.2, 0.25) is 5.91 Å². The fraction of sp³-hybridized carbons (Fsp3) is 0.176. The lowest BCUT2D eigenvalue weighted by atomic mass is 10.2. The lowest BCUT2D eigenvalue weighted by Crippen LogP contribution is -2.48. The highest BCUT2D eigenvalue weighted by Gasteiger charge is 2.40. The van der Waals surface area contributed by atoms with Crippen molar-refractivity contribution in [3.63, 3.8) is 0 Å². The number of carbonyl (C=O) groups is 3. The van der Waals surface area contributed by atoms with E-state index in [1.54, 1.807) is 43.5 Å². The molecule has 0 bridgehead atoms. The van der Waals surface area contributed by atoms with Crippen LogP contribution in [0.3, 0.4) is 0 Å². The van der Waals surface area contributed by atoms with Gasteiger partial charge in [-0.1, -0.05) is 17.7 Å². The molecule has 25 heavy (non-hydrogen) atoms. The van der Waals surface area contributed by atoms with Gasteiger partial charge in [0.25, 0.3) is 11.8 Å². The number of hydrogen-bond donors (Lipinski definition) is 2. The van der Waals surface area contributed by atoms with Gasteiger partial charge >= 0.3 is 0 Å². The molecule has 1 atom stereocenters. The molecule has 2 aromatic rings. The predicted octanol–water partition coefficient (Wildman–Crippen LogP) is 1.61. The number of hydrazine groups is 1. The SMILES string of the molecule is Cc1c(Cl)cccc1N1C(=O)C[C@@H](NNC(=O)c2cccnc2)C1=O. The molecule has 1 aliphatic rings. The summed E-state index contributed by atoms with van der Waals surface area (Å²) in [4.78, 5) is 41.8. The first-order valence-electron chi connectivity index (χ1n) is 7.57. The van der Waals surface area contributed by atoms with E-state index in [4.69, 9.17) is 11.6 Å². The molecule has 2 N–H and O–H groups in total. The van der Waals surface area contributed by atoms with Crippen molar-refractivity contribution in [1.82, 2.24) is 15.8 Å². The van der Waals surface area contributed by atoms with Crippen molar-refractivity contribution >= 4 is 35.0 Å². The Morgan fingerprint density at radius 3 is 2.80 bits per heavy atom. The second kappa shape index (κ2) is 7.00. The molecule has 1 aromatic carbocycles. The van der Waals surface area contributed by atoms with E-state index in [9.17, 15) is 14.4 Å². The first-order valence-corrected chi connectivity index (χ1v) is 7.94. The number of pyridine rings is 1. The predicted molar refractivity (Wildman–Crippen MR) is 91.9 cm³/mol. The molecule has 1 aromatic heterocycles. The summed E-state index contributed by atoms with van der Waals surface area (Å²) in [5, 5.41) is 0.472. The molecule has 0 spiro atoms. The Hall–Kier alpha value is -2.77. The van der Waals surface area contributed by atoms with Gasteiger partial charge in [-0.3, -0.25) is 24.8 Å². The van der Waals surface area contributed by atoms with Crippen LogP contribution in [0.15, 0.2) is 42.7 Å². The molecule has 0 saturated carbocycles. The van der Waals surface area contributed by atoms with Crippen LogP contribution >= 0.6 is 11.6 Å². The second-order valence-electron chi connectivity index (χ2n) is 5.55. The van der Waals surface area contributed by atoms with E-state index in [-0.39, 0.29) is 12.3 Å². The Kier molecular flexibility index (Phi) is 4.78. The number of halogens is 1. The Balaban J connectivity index is 1.71. The number of imide groups is 1. The largest absolute Gasteiger partial charge is 0.287 e. The van der Waals surface area contributed by atoms with Crippen LogP contribution in [0.2, 0.25) is 5.02 Å². The highest BCUT2D eigenvalue weighted by molar-refractivity contribution is 6.32. The molecule has 3 amide bonds. The molecule has 1 saturated heterocycles. The minimum absolute atomic E-state index is 0.0574. The molecule has 0 radical (unpaired) electrons. The maximum Gasteiger partial charge on any atom is 0.266 e. The summed E-state index contributed by atoms with van der Waals surface area (Å²) in [7, 11) is 0. The minimum Gasteiger partial charge on any atom is -0.287 e. The van der Waals surface area contributed by atoms with Crippen LogP contribution in [0.5, 0.6) is 0 Å². The number of aromatic nitrogens is 1. The summed E-state index contributed by atoms with van der Waals surface area (Å²) in [5.41, 5.74) is 6.49. The summed E-state index contributed by atoms with van der Waals surface area (Å²) in [6.07, 6.45) is 2.90. The molecule has 8 heteroatoms. The summed E-state index contributed by atoms with van der Waals surface area (Å²) in [6, 6.07) is 7.40. The normalized spacial score (nSPS) is 17.0. The average Bonchev–Trinajstić information content (AvgIpc) is 2.90. The Morgan fingerprint density at radius 2 is 2.08 bits per heavy atom. The van der Waals surface area contributed by atoms with Gasteiger partial charge in [-0.2, -0.15) is 0 Å². The molecule has 3 rings (SSSR count). The van der Waals surface area contributed by atoms with Crippen molar-refractivity contribution in [2.75, 3.05) is 4.90 Å². The van der Waals surface area contributed by atoms with Crippen molar-refractivity contribution in [2.24, 2.45) is 0 Å². The quantitative estimate of drug-likeness (QED) is 0.640. The van der Waals surface area contributed by atoms with Crippen molar-refractivity contribution in [1.29, 1.82) is 0 Å². The zero-order chi connectivity index (χ0) is 18.0.